The van der Waals surface area contributed by atoms with Crippen LogP contribution in [0, 0.1) is 28.5 Å². The summed E-state index contributed by atoms with van der Waals surface area (Å²) in [5.41, 5.74) is 0.755. The van der Waals surface area contributed by atoms with E-state index in [0.717, 1.165) is 12.8 Å². The molecular formula is C13H11BrFN3. The van der Waals surface area contributed by atoms with Gasteiger partial charge in [-0.3, -0.25) is 0 Å². The number of benzene rings is 1. The number of hydrogen-bond donors (Lipinski definition) is 0. The Kier molecular flexibility index (Phi) is 3.84. The lowest BCUT2D eigenvalue weighted by atomic mass is 10.2. The van der Waals surface area contributed by atoms with Gasteiger partial charge in [0.05, 0.1) is 28.2 Å². The summed E-state index contributed by atoms with van der Waals surface area (Å²) in [4.78, 5) is 1.92. The molecule has 0 saturated heterocycles. The smallest absolute Gasteiger partial charge is 0.161 e. The van der Waals surface area contributed by atoms with Crippen molar-refractivity contribution in [3.63, 3.8) is 0 Å². The Morgan fingerprint density at radius 1 is 1.39 bits per heavy atom. The second-order valence-electron chi connectivity index (χ2n) is 4.20. The van der Waals surface area contributed by atoms with E-state index in [9.17, 15) is 4.39 Å². The lowest BCUT2D eigenvalue weighted by molar-refractivity contribution is 0.609. The summed E-state index contributed by atoms with van der Waals surface area (Å²) >= 11 is 3.11. The molecule has 1 fully saturated rings. The minimum atomic E-state index is -0.418. The molecule has 0 aliphatic heterocycles. The molecule has 0 radical (unpaired) electrons. The molecule has 0 aromatic heterocycles. The molecule has 0 bridgehead atoms. The fourth-order valence-electron chi connectivity index (χ4n) is 1.90. The van der Waals surface area contributed by atoms with Crippen molar-refractivity contribution in [2.45, 2.75) is 25.3 Å². The Hall–Kier alpha value is -1.59. The molecule has 92 valence electrons. The predicted octanol–water partition coefficient (Wildman–Crippen LogP) is 3.34. The SMILES string of the molecule is N#CCCN(c1ccc(C#N)c(Br)c1F)C1CC1. The van der Waals surface area contributed by atoms with E-state index in [1.54, 1.807) is 12.1 Å². The zero-order valence-electron chi connectivity index (χ0n) is 9.66. The van der Waals surface area contributed by atoms with E-state index >= 15 is 0 Å². The van der Waals surface area contributed by atoms with Gasteiger partial charge in [0.1, 0.15) is 6.07 Å². The van der Waals surface area contributed by atoms with Crippen molar-refractivity contribution >= 4 is 21.6 Å². The maximum atomic E-state index is 14.2. The molecule has 1 saturated carbocycles. The average molecular weight is 308 g/mol. The number of nitriles is 2. The normalized spacial score (nSPS) is 13.8. The van der Waals surface area contributed by atoms with E-state index in [1.165, 1.54) is 0 Å². The quantitative estimate of drug-likeness (QED) is 0.857. The molecule has 0 N–H and O–H groups in total. The second kappa shape index (κ2) is 5.37. The first-order valence-corrected chi connectivity index (χ1v) is 6.50. The van der Waals surface area contributed by atoms with Crippen molar-refractivity contribution in [3.8, 4) is 12.1 Å². The number of nitrogens with zero attached hydrogens (tertiary/aromatic N) is 3. The summed E-state index contributed by atoms with van der Waals surface area (Å²) < 4.78 is 14.4. The van der Waals surface area contributed by atoms with Gasteiger partial charge in [0, 0.05) is 12.6 Å². The number of hydrogen-bond acceptors (Lipinski definition) is 3. The summed E-state index contributed by atoms with van der Waals surface area (Å²) in [5.74, 6) is -0.418. The average Bonchev–Trinajstić information content (AvgIpc) is 3.19. The molecule has 2 rings (SSSR count). The fraction of sp³-hybridized carbons (Fsp3) is 0.385. The first kappa shape index (κ1) is 12.9. The zero-order valence-corrected chi connectivity index (χ0v) is 11.2. The standard InChI is InChI=1S/C13H11BrFN3/c14-12-9(8-17)2-5-11(13(12)15)18(7-1-6-16)10-3-4-10/h2,5,10H,1,3-4,7H2. The van der Waals surface area contributed by atoms with Gasteiger partial charge in [0.15, 0.2) is 5.82 Å². The van der Waals surface area contributed by atoms with Crippen LogP contribution in [0.5, 0.6) is 0 Å². The van der Waals surface area contributed by atoms with Crippen LogP contribution in [0.3, 0.4) is 0 Å². The summed E-state index contributed by atoms with van der Waals surface area (Å²) in [7, 11) is 0. The van der Waals surface area contributed by atoms with Crippen molar-refractivity contribution in [1.82, 2.24) is 0 Å². The Bertz CT molecular complexity index is 540. The van der Waals surface area contributed by atoms with Gasteiger partial charge >= 0.3 is 0 Å². The van der Waals surface area contributed by atoms with Crippen LogP contribution >= 0.6 is 15.9 Å². The molecule has 1 aromatic rings. The number of rotatable bonds is 4. The third-order valence-electron chi connectivity index (χ3n) is 2.94. The van der Waals surface area contributed by atoms with Crippen molar-refractivity contribution < 1.29 is 4.39 Å². The third-order valence-corrected chi connectivity index (χ3v) is 3.72. The zero-order chi connectivity index (χ0) is 13.1. The molecule has 0 amide bonds. The Morgan fingerprint density at radius 2 is 2.11 bits per heavy atom. The minimum Gasteiger partial charge on any atom is -0.365 e. The van der Waals surface area contributed by atoms with Gasteiger partial charge in [-0.05, 0) is 40.9 Å². The molecule has 1 aliphatic carbocycles. The van der Waals surface area contributed by atoms with Crippen LogP contribution < -0.4 is 4.90 Å². The highest BCUT2D eigenvalue weighted by Gasteiger charge is 2.31. The molecule has 0 atom stereocenters. The molecule has 18 heavy (non-hydrogen) atoms. The minimum absolute atomic E-state index is 0.199. The molecule has 3 nitrogen and oxygen atoms in total. The highest BCUT2D eigenvalue weighted by molar-refractivity contribution is 9.10. The lowest BCUT2D eigenvalue weighted by Crippen LogP contribution is -2.27. The lowest BCUT2D eigenvalue weighted by Gasteiger charge is -2.24. The molecule has 0 spiro atoms. The van der Waals surface area contributed by atoms with Crippen LogP contribution in [0.4, 0.5) is 10.1 Å². The monoisotopic (exact) mass is 307 g/mol. The highest BCUT2D eigenvalue weighted by atomic mass is 79.9. The first-order valence-electron chi connectivity index (χ1n) is 5.70. The molecule has 0 unspecified atom stereocenters. The van der Waals surface area contributed by atoms with Crippen LogP contribution in [-0.4, -0.2) is 12.6 Å². The topological polar surface area (TPSA) is 50.8 Å². The van der Waals surface area contributed by atoms with Gasteiger partial charge in [-0.2, -0.15) is 10.5 Å². The predicted molar refractivity (Wildman–Crippen MR) is 69.4 cm³/mol. The van der Waals surface area contributed by atoms with Gasteiger partial charge in [0.25, 0.3) is 0 Å². The van der Waals surface area contributed by atoms with E-state index in [-0.39, 0.29) is 10.0 Å². The summed E-state index contributed by atoms with van der Waals surface area (Å²) in [6.07, 6.45) is 2.43. The summed E-state index contributed by atoms with van der Waals surface area (Å²) in [6.45, 7) is 0.524. The van der Waals surface area contributed by atoms with Crippen molar-refractivity contribution in [3.05, 3.63) is 28.0 Å². The fourth-order valence-corrected chi connectivity index (χ4v) is 2.33. The largest absolute Gasteiger partial charge is 0.365 e. The van der Waals surface area contributed by atoms with E-state index in [0.29, 0.717) is 24.7 Å². The van der Waals surface area contributed by atoms with Gasteiger partial charge in [-0.15, -0.1) is 0 Å². The summed E-state index contributed by atoms with van der Waals surface area (Å²) in [5, 5.41) is 17.5. The van der Waals surface area contributed by atoms with Gasteiger partial charge in [-0.1, -0.05) is 0 Å². The van der Waals surface area contributed by atoms with Crippen molar-refractivity contribution in [2.24, 2.45) is 0 Å². The molecule has 5 heteroatoms. The van der Waals surface area contributed by atoms with Crippen molar-refractivity contribution in [2.75, 3.05) is 11.4 Å². The number of anilines is 1. The molecule has 1 aliphatic rings. The highest BCUT2D eigenvalue weighted by Crippen LogP contribution is 2.36. The molecule has 1 aromatic carbocycles. The van der Waals surface area contributed by atoms with E-state index in [2.05, 4.69) is 22.0 Å². The number of halogens is 2. The van der Waals surface area contributed by atoms with E-state index < -0.39 is 5.82 Å². The maximum absolute atomic E-state index is 14.2. The second-order valence-corrected chi connectivity index (χ2v) is 5.00. The van der Waals surface area contributed by atoms with Gasteiger partial charge in [-0.25, -0.2) is 4.39 Å². The molecule has 0 heterocycles. The van der Waals surface area contributed by atoms with Crippen LogP contribution in [0.1, 0.15) is 24.8 Å². The maximum Gasteiger partial charge on any atom is 0.161 e. The van der Waals surface area contributed by atoms with Crippen molar-refractivity contribution in [1.29, 1.82) is 10.5 Å². The summed E-state index contributed by atoms with van der Waals surface area (Å²) in [6, 6.07) is 7.56. The van der Waals surface area contributed by atoms with E-state index in [4.69, 9.17) is 10.5 Å². The van der Waals surface area contributed by atoms with Crippen LogP contribution in [0.2, 0.25) is 0 Å². The van der Waals surface area contributed by atoms with Gasteiger partial charge < -0.3 is 4.90 Å². The Balaban J connectivity index is 2.34. The molecular weight excluding hydrogens is 297 g/mol. The Morgan fingerprint density at radius 3 is 2.67 bits per heavy atom. The van der Waals surface area contributed by atoms with E-state index in [1.807, 2.05) is 11.0 Å². The first-order chi connectivity index (χ1) is 8.69. The van der Waals surface area contributed by atoms with Crippen LogP contribution in [-0.2, 0) is 0 Å². The van der Waals surface area contributed by atoms with Gasteiger partial charge in [0.2, 0.25) is 0 Å². The van der Waals surface area contributed by atoms with Crippen LogP contribution in [0.15, 0.2) is 16.6 Å². The Labute approximate surface area is 114 Å². The third kappa shape index (κ3) is 2.47. The van der Waals surface area contributed by atoms with Crippen LogP contribution in [0.25, 0.3) is 0 Å².